The normalized spacial score (nSPS) is 18.6. The quantitative estimate of drug-likeness (QED) is 0.256. The van der Waals surface area contributed by atoms with E-state index in [1.54, 1.807) is 0 Å². The number of rotatable bonds is 0. The molecule has 168 valence electrons. The van der Waals surface area contributed by atoms with E-state index in [2.05, 4.69) is 115 Å². The Morgan fingerprint density at radius 3 is 1.29 bits per heavy atom. The van der Waals surface area contributed by atoms with Crippen LogP contribution in [0.15, 0.2) is 66.7 Å². The Morgan fingerprint density at radius 2 is 0.765 bits per heavy atom. The molecule has 0 atom stereocenters. The van der Waals surface area contributed by atoms with Crippen LogP contribution >= 0.6 is 0 Å². The lowest BCUT2D eigenvalue weighted by Crippen LogP contribution is -2.17. The number of aryl methyl sites for hydroxylation is 1. The van der Waals surface area contributed by atoms with Gasteiger partial charge in [-0.05, 0) is 98.0 Å². The molecule has 0 fully saturated rings. The van der Waals surface area contributed by atoms with E-state index < -0.39 is 0 Å². The highest BCUT2D eigenvalue weighted by atomic mass is 14.5. The van der Waals surface area contributed by atoms with Gasteiger partial charge in [-0.15, -0.1) is 0 Å². The summed E-state index contributed by atoms with van der Waals surface area (Å²) in [5, 5.41) is 0. The molecule has 0 N–H and O–H groups in total. The van der Waals surface area contributed by atoms with Gasteiger partial charge in [0.15, 0.2) is 0 Å². The number of fused-ring (bicyclic) bond motifs is 9. The van der Waals surface area contributed by atoms with Crippen LogP contribution in [0.25, 0.3) is 33.4 Å². The minimum absolute atomic E-state index is 0.0187. The molecule has 4 aromatic carbocycles. The van der Waals surface area contributed by atoms with Gasteiger partial charge in [-0.25, -0.2) is 0 Å². The fraction of sp³-hybridized carbons (Fsp3) is 0.294. The van der Waals surface area contributed by atoms with E-state index in [0.717, 1.165) is 0 Å². The zero-order valence-corrected chi connectivity index (χ0v) is 21.4. The van der Waals surface area contributed by atoms with Crippen molar-refractivity contribution in [2.24, 2.45) is 0 Å². The highest BCUT2D eigenvalue weighted by Gasteiger charge is 2.44. The van der Waals surface area contributed by atoms with Gasteiger partial charge >= 0.3 is 0 Å². The maximum Gasteiger partial charge on any atom is 0.0159 e. The van der Waals surface area contributed by atoms with Crippen molar-refractivity contribution in [3.8, 4) is 33.4 Å². The van der Waals surface area contributed by atoms with Crippen molar-refractivity contribution in [1.29, 1.82) is 0 Å². The van der Waals surface area contributed by atoms with E-state index in [9.17, 15) is 0 Å². The maximum absolute atomic E-state index is 2.54. The topological polar surface area (TPSA) is 0 Å². The zero-order chi connectivity index (χ0) is 23.8. The number of benzene rings is 4. The monoisotopic (exact) mass is 440 g/mol. The van der Waals surface area contributed by atoms with Gasteiger partial charge in [-0.3, -0.25) is 0 Å². The molecule has 0 aliphatic heterocycles. The first-order valence-electron chi connectivity index (χ1n) is 12.6. The van der Waals surface area contributed by atoms with Crippen molar-refractivity contribution >= 4 is 0 Å². The van der Waals surface area contributed by atoms with E-state index >= 15 is 0 Å². The first-order valence-corrected chi connectivity index (χ1v) is 12.6. The molecule has 3 aliphatic rings. The lowest BCUT2D eigenvalue weighted by atomic mass is 9.78. The third-order valence-corrected chi connectivity index (χ3v) is 9.33. The van der Waals surface area contributed by atoms with Crippen molar-refractivity contribution in [2.45, 2.75) is 64.7 Å². The number of hydrogen-bond donors (Lipinski definition) is 0. The van der Waals surface area contributed by atoms with E-state index in [1.807, 2.05) is 0 Å². The molecule has 0 heteroatoms. The van der Waals surface area contributed by atoms with Gasteiger partial charge < -0.3 is 0 Å². The van der Waals surface area contributed by atoms with Gasteiger partial charge in [-0.2, -0.15) is 0 Å². The summed E-state index contributed by atoms with van der Waals surface area (Å²) in [5.74, 6) is 0. The second kappa shape index (κ2) is 5.92. The third-order valence-electron chi connectivity index (χ3n) is 9.33. The Morgan fingerprint density at radius 1 is 0.382 bits per heavy atom. The molecule has 0 radical (unpaired) electrons. The van der Waals surface area contributed by atoms with Crippen molar-refractivity contribution in [3.63, 3.8) is 0 Å². The molecule has 0 heterocycles. The Bertz CT molecular complexity index is 1570. The van der Waals surface area contributed by atoms with Crippen molar-refractivity contribution in [1.82, 2.24) is 0 Å². The summed E-state index contributed by atoms with van der Waals surface area (Å²) in [6.07, 6.45) is 0. The average Bonchev–Trinajstić information content (AvgIpc) is 3.26. The largest absolute Gasteiger partial charge is 0.0619 e. The minimum Gasteiger partial charge on any atom is -0.0619 e. The molecule has 4 aromatic rings. The smallest absolute Gasteiger partial charge is 0.0159 e. The molecular formula is C34H32. The first kappa shape index (κ1) is 20.3. The summed E-state index contributed by atoms with van der Waals surface area (Å²) >= 11 is 0. The van der Waals surface area contributed by atoms with Gasteiger partial charge in [0.2, 0.25) is 0 Å². The maximum atomic E-state index is 2.54. The van der Waals surface area contributed by atoms with Gasteiger partial charge in [-0.1, -0.05) is 89.6 Å². The second-order valence-corrected chi connectivity index (χ2v) is 12.4. The van der Waals surface area contributed by atoms with Crippen LogP contribution in [0.2, 0.25) is 0 Å². The molecule has 0 bridgehead atoms. The molecule has 3 aliphatic carbocycles. The van der Waals surface area contributed by atoms with Gasteiger partial charge in [0.05, 0.1) is 0 Å². The average molecular weight is 441 g/mol. The van der Waals surface area contributed by atoms with Crippen LogP contribution in [-0.2, 0) is 16.2 Å². The Hall–Kier alpha value is -3.12. The summed E-state index contributed by atoms with van der Waals surface area (Å²) < 4.78 is 0. The summed E-state index contributed by atoms with van der Waals surface area (Å²) in [4.78, 5) is 0. The highest BCUT2D eigenvalue weighted by Crippen LogP contribution is 2.59. The lowest BCUT2D eigenvalue weighted by Gasteiger charge is -2.24. The molecule has 0 saturated heterocycles. The van der Waals surface area contributed by atoms with Crippen LogP contribution in [0.3, 0.4) is 0 Å². The second-order valence-electron chi connectivity index (χ2n) is 12.4. The van der Waals surface area contributed by atoms with E-state index in [-0.39, 0.29) is 16.2 Å². The van der Waals surface area contributed by atoms with Crippen molar-refractivity contribution < 1.29 is 0 Å². The SMILES string of the molecule is Cc1ccc2c(c1)C(C)(C)c1cc3c(cc1-2)C(C)(C)c1cc2c(cc1-3)C(C)(C)c1ccccc1-2. The van der Waals surface area contributed by atoms with Crippen LogP contribution in [0.5, 0.6) is 0 Å². The van der Waals surface area contributed by atoms with Crippen LogP contribution in [0.1, 0.15) is 80.5 Å². The fourth-order valence-corrected chi connectivity index (χ4v) is 7.27. The Kier molecular flexibility index (Phi) is 3.53. The summed E-state index contributed by atoms with van der Waals surface area (Å²) in [6, 6.07) is 26.1. The summed E-state index contributed by atoms with van der Waals surface area (Å²) in [5.41, 5.74) is 18.7. The zero-order valence-electron chi connectivity index (χ0n) is 21.4. The van der Waals surface area contributed by atoms with Crippen molar-refractivity contribution in [2.75, 3.05) is 0 Å². The van der Waals surface area contributed by atoms with Gasteiger partial charge in [0.25, 0.3) is 0 Å². The molecule has 0 spiro atoms. The molecule has 0 aromatic heterocycles. The fourth-order valence-electron chi connectivity index (χ4n) is 7.27. The molecule has 34 heavy (non-hydrogen) atoms. The standard InChI is InChI=1S/C34H32/c1-19-12-13-21-23-16-31-25(18-29(23)33(4,5)27(21)14-19)24-17-28-22(15-30(24)34(31,6)7)20-10-8-9-11-26(20)32(28,2)3/h8-18H,1-7H3. The number of hydrogen-bond acceptors (Lipinski definition) is 0. The third kappa shape index (κ3) is 2.21. The molecule has 0 saturated carbocycles. The minimum atomic E-state index is -0.0198. The van der Waals surface area contributed by atoms with Crippen molar-refractivity contribution in [3.05, 3.63) is 106 Å². The molecule has 0 nitrogen and oxygen atoms in total. The van der Waals surface area contributed by atoms with Crippen LogP contribution in [-0.4, -0.2) is 0 Å². The van der Waals surface area contributed by atoms with E-state index in [1.165, 1.54) is 72.3 Å². The summed E-state index contributed by atoms with van der Waals surface area (Å²) in [6.45, 7) is 16.6. The lowest BCUT2D eigenvalue weighted by molar-refractivity contribution is 0.649. The van der Waals surface area contributed by atoms with Crippen LogP contribution < -0.4 is 0 Å². The molecule has 7 rings (SSSR count). The Labute approximate surface area is 203 Å². The summed E-state index contributed by atoms with van der Waals surface area (Å²) in [7, 11) is 0. The van der Waals surface area contributed by atoms with Crippen LogP contribution in [0, 0.1) is 6.92 Å². The predicted octanol–water partition coefficient (Wildman–Crippen LogP) is 8.91. The molecule has 0 unspecified atom stereocenters. The van der Waals surface area contributed by atoms with E-state index in [0.29, 0.717) is 0 Å². The predicted molar refractivity (Wildman–Crippen MR) is 144 cm³/mol. The first-order chi connectivity index (χ1) is 16.0. The van der Waals surface area contributed by atoms with Gasteiger partial charge in [0.1, 0.15) is 0 Å². The van der Waals surface area contributed by atoms with E-state index in [4.69, 9.17) is 0 Å². The van der Waals surface area contributed by atoms with Gasteiger partial charge in [0, 0.05) is 16.2 Å². The van der Waals surface area contributed by atoms with Crippen LogP contribution in [0.4, 0.5) is 0 Å². The highest BCUT2D eigenvalue weighted by molar-refractivity contribution is 5.93. The molecule has 0 amide bonds. The molecular weight excluding hydrogens is 408 g/mol. The Balaban J connectivity index is 1.51.